The molecule has 1 aromatic carbocycles. The number of halogens is 1. The first-order valence-electron chi connectivity index (χ1n) is 4.68. The highest BCUT2D eigenvalue weighted by molar-refractivity contribution is 6.17. The molecule has 76 valence electrons. The Kier molecular flexibility index (Phi) is 4.54. The minimum Gasteiger partial charge on any atom is -0.494 e. The van der Waals surface area contributed by atoms with E-state index in [1.807, 2.05) is 31.2 Å². The van der Waals surface area contributed by atoms with Crippen molar-refractivity contribution < 1.29 is 4.74 Å². The van der Waals surface area contributed by atoms with Crippen LogP contribution in [0.25, 0.3) is 5.57 Å². The van der Waals surface area contributed by atoms with E-state index in [-0.39, 0.29) is 0 Å². The highest BCUT2D eigenvalue weighted by atomic mass is 35.5. The number of rotatable bonds is 5. The van der Waals surface area contributed by atoms with Crippen molar-refractivity contribution in [3.05, 3.63) is 36.4 Å². The molecule has 1 aromatic rings. The number of hydrogen-bond donors (Lipinski definition) is 0. The molecule has 0 aliphatic heterocycles. The maximum Gasteiger partial charge on any atom is 0.119 e. The molecule has 0 aliphatic rings. The van der Waals surface area contributed by atoms with Crippen LogP contribution in [0.5, 0.6) is 5.75 Å². The molecule has 0 amide bonds. The first kappa shape index (κ1) is 11.1. The third-order valence-electron chi connectivity index (χ3n) is 1.89. The molecular weight excluding hydrogens is 196 g/mol. The van der Waals surface area contributed by atoms with Crippen molar-refractivity contribution in [1.29, 1.82) is 0 Å². The van der Waals surface area contributed by atoms with Crippen LogP contribution in [0.4, 0.5) is 0 Å². The smallest absolute Gasteiger partial charge is 0.119 e. The van der Waals surface area contributed by atoms with Gasteiger partial charge in [-0.25, -0.2) is 0 Å². The minimum absolute atomic E-state index is 0.643. The Morgan fingerprint density at radius 1 is 1.36 bits per heavy atom. The fourth-order valence-electron chi connectivity index (χ4n) is 1.08. The maximum absolute atomic E-state index is 5.54. The summed E-state index contributed by atoms with van der Waals surface area (Å²) >= 11 is 5.54. The summed E-state index contributed by atoms with van der Waals surface area (Å²) in [6.45, 7) is 6.54. The van der Waals surface area contributed by atoms with E-state index >= 15 is 0 Å². The topological polar surface area (TPSA) is 9.23 Å². The second-order valence-electron chi connectivity index (χ2n) is 3.20. The van der Waals surface area contributed by atoms with Gasteiger partial charge in [-0.3, -0.25) is 0 Å². The van der Waals surface area contributed by atoms with Gasteiger partial charge in [0.05, 0.1) is 6.61 Å². The number of hydrogen-bond acceptors (Lipinski definition) is 1. The average molecular weight is 211 g/mol. The summed E-state index contributed by atoms with van der Waals surface area (Å²) < 4.78 is 5.47. The summed E-state index contributed by atoms with van der Waals surface area (Å²) in [7, 11) is 0. The van der Waals surface area contributed by atoms with E-state index in [0.29, 0.717) is 12.5 Å². The molecule has 1 nitrogen and oxygen atoms in total. The summed E-state index contributed by atoms with van der Waals surface area (Å²) in [5.41, 5.74) is 2.21. The molecule has 0 radical (unpaired) electrons. The Bertz CT molecular complexity index is 290. The molecule has 0 bridgehead atoms. The largest absolute Gasteiger partial charge is 0.494 e. The van der Waals surface area contributed by atoms with Gasteiger partial charge in [0.15, 0.2) is 0 Å². The van der Waals surface area contributed by atoms with Crippen LogP contribution in [0.2, 0.25) is 0 Å². The number of allylic oxidation sites excluding steroid dienone is 1. The van der Waals surface area contributed by atoms with Crippen molar-refractivity contribution in [3.8, 4) is 5.75 Å². The SMILES string of the molecule is C=C(C)c1ccc(OCCCCl)cc1. The molecule has 0 saturated heterocycles. The molecule has 0 N–H and O–H groups in total. The molecule has 2 heteroatoms. The Morgan fingerprint density at radius 2 is 2.00 bits per heavy atom. The van der Waals surface area contributed by atoms with E-state index in [0.717, 1.165) is 23.3 Å². The van der Waals surface area contributed by atoms with E-state index in [4.69, 9.17) is 16.3 Å². The Labute approximate surface area is 90.3 Å². The molecule has 1 rings (SSSR count). The Morgan fingerprint density at radius 3 is 2.50 bits per heavy atom. The number of ether oxygens (including phenoxy) is 1. The van der Waals surface area contributed by atoms with Gasteiger partial charge in [-0.1, -0.05) is 24.3 Å². The van der Waals surface area contributed by atoms with Crippen LogP contribution >= 0.6 is 11.6 Å². The van der Waals surface area contributed by atoms with Crippen LogP contribution in [0.1, 0.15) is 18.9 Å². The van der Waals surface area contributed by atoms with E-state index in [9.17, 15) is 0 Å². The van der Waals surface area contributed by atoms with Crippen molar-refractivity contribution in [2.24, 2.45) is 0 Å². The molecule has 0 saturated carbocycles. The van der Waals surface area contributed by atoms with E-state index < -0.39 is 0 Å². The number of benzene rings is 1. The molecule has 0 fully saturated rings. The normalized spacial score (nSPS) is 9.86. The van der Waals surface area contributed by atoms with Crippen LogP contribution in [-0.4, -0.2) is 12.5 Å². The number of alkyl halides is 1. The summed E-state index contributed by atoms with van der Waals surface area (Å²) in [5.74, 6) is 1.53. The fraction of sp³-hybridized carbons (Fsp3) is 0.333. The molecule has 0 atom stereocenters. The second-order valence-corrected chi connectivity index (χ2v) is 3.57. The van der Waals surface area contributed by atoms with Gasteiger partial charge in [0.25, 0.3) is 0 Å². The lowest BCUT2D eigenvalue weighted by Gasteiger charge is -2.05. The standard InChI is InChI=1S/C12H15ClO/c1-10(2)11-4-6-12(7-5-11)14-9-3-8-13/h4-7H,1,3,8-9H2,2H3. The Hall–Kier alpha value is -0.950. The average Bonchev–Trinajstić information content (AvgIpc) is 2.19. The van der Waals surface area contributed by atoms with Crippen LogP contribution in [0, 0.1) is 0 Å². The first-order chi connectivity index (χ1) is 6.74. The van der Waals surface area contributed by atoms with E-state index in [2.05, 4.69) is 6.58 Å². The van der Waals surface area contributed by atoms with Gasteiger partial charge < -0.3 is 4.74 Å². The predicted octanol–water partition coefficient (Wildman–Crippen LogP) is 3.73. The van der Waals surface area contributed by atoms with Crippen molar-refractivity contribution in [2.75, 3.05) is 12.5 Å². The lowest BCUT2D eigenvalue weighted by molar-refractivity contribution is 0.318. The summed E-state index contributed by atoms with van der Waals surface area (Å²) in [6.07, 6.45) is 0.879. The zero-order valence-electron chi connectivity index (χ0n) is 8.42. The van der Waals surface area contributed by atoms with Crippen LogP contribution in [-0.2, 0) is 0 Å². The van der Waals surface area contributed by atoms with Gasteiger partial charge in [0.1, 0.15) is 5.75 Å². The van der Waals surface area contributed by atoms with Gasteiger partial charge >= 0.3 is 0 Å². The van der Waals surface area contributed by atoms with Gasteiger partial charge in [-0.2, -0.15) is 0 Å². The molecule has 0 unspecified atom stereocenters. The zero-order chi connectivity index (χ0) is 10.4. The molecule has 0 spiro atoms. The van der Waals surface area contributed by atoms with Gasteiger partial charge in [0, 0.05) is 5.88 Å². The third kappa shape index (κ3) is 3.43. The molecule has 0 heterocycles. The zero-order valence-corrected chi connectivity index (χ0v) is 9.18. The summed E-state index contributed by atoms with van der Waals surface area (Å²) in [6, 6.07) is 7.94. The highest BCUT2D eigenvalue weighted by Crippen LogP contribution is 2.16. The molecule has 14 heavy (non-hydrogen) atoms. The predicted molar refractivity (Wildman–Crippen MR) is 62.0 cm³/mol. The summed E-state index contributed by atoms with van der Waals surface area (Å²) in [4.78, 5) is 0. The van der Waals surface area contributed by atoms with Gasteiger partial charge in [-0.05, 0) is 31.0 Å². The fourth-order valence-corrected chi connectivity index (χ4v) is 1.19. The molecule has 0 aliphatic carbocycles. The van der Waals surface area contributed by atoms with Gasteiger partial charge in [-0.15, -0.1) is 11.6 Å². The molecular formula is C12H15ClO. The Balaban J connectivity index is 2.51. The van der Waals surface area contributed by atoms with Crippen molar-refractivity contribution >= 4 is 17.2 Å². The van der Waals surface area contributed by atoms with E-state index in [1.54, 1.807) is 0 Å². The minimum atomic E-state index is 0.643. The van der Waals surface area contributed by atoms with Crippen molar-refractivity contribution in [2.45, 2.75) is 13.3 Å². The molecule has 0 aromatic heterocycles. The monoisotopic (exact) mass is 210 g/mol. The van der Waals surface area contributed by atoms with Gasteiger partial charge in [0.2, 0.25) is 0 Å². The second kappa shape index (κ2) is 5.71. The maximum atomic E-state index is 5.54. The quantitative estimate of drug-likeness (QED) is 0.532. The van der Waals surface area contributed by atoms with Crippen LogP contribution in [0.15, 0.2) is 30.8 Å². The van der Waals surface area contributed by atoms with Crippen molar-refractivity contribution in [3.63, 3.8) is 0 Å². The lowest BCUT2D eigenvalue weighted by Crippen LogP contribution is -1.97. The first-order valence-corrected chi connectivity index (χ1v) is 5.22. The van der Waals surface area contributed by atoms with Crippen LogP contribution in [0.3, 0.4) is 0 Å². The van der Waals surface area contributed by atoms with Crippen molar-refractivity contribution in [1.82, 2.24) is 0 Å². The highest BCUT2D eigenvalue weighted by Gasteiger charge is 1.95. The van der Waals surface area contributed by atoms with E-state index in [1.165, 1.54) is 0 Å². The summed E-state index contributed by atoms with van der Waals surface area (Å²) in [5, 5.41) is 0. The third-order valence-corrected chi connectivity index (χ3v) is 2.16. The lowest BCUT2D eigenvalue weighted by atomic mass is 10.1. The van der Waals surface area contributed by atoms with Crippen LogP contribution < -0.4 is 4.74 Å².